The minimum Gasteiger partial charge on any atom is -0.337 e. The van der Waals surface area contributed by atoms with Gasteiger partial charge in [-0.3, -0.25) is 4.90 Å². The number of imidazole rings is 1. The normalized spacial score (nSPS) is 24.6. The number of fused-ring (bicyclic) bond motifs is 1. The third kappa shape index (κ3) is 2.31. The Bertz CT molecular complexity index is 419. The largest absolute Gasteiger partial charge is 0.337 e. The zero-order chi connectivity index (χ0) is 12.7. The van der Waals surface area contributed by atoms with Crippen LogP contribution in [0.2, 0.25) is 0 Å². The number of aromatic nitrogens is 2. The van der Waals surface area contributed by atoms with E-state index < -0.39 is 0 Å². The van der Waals surface area contributed by atoms with Crippen LogP contribution >= 0.6 is 0 Å². The van der Waals surface area contributed by atoms with Gasteiger partial charge in [-0.15, -0.1) is 0 Å². The molecule has 0 spiro atoms. The Balaban J connectivity index is 1.83. The molecule has 3 rings (SSSR count). The highest BCUT2D eigenvalue weighted by atomic mass is 15.2. The van der Waals surface area contributed by atoms with Gasteiger partial charge in [0.05, 0.1) is 18.1 Å². The predicted octanol–water partition coefficient (Wildman–Crippen LogP) is 1.29. The molecule has 0 radical (unpaired) electrons. The molecule has 0 saturated heterocycles. The molecule has 2 heterocycles. The molecule has 1 aliphatic heterocycles. The van der Waals surface area contributed by atoms with Crippen molar-refractivity contribution in [2.45, 2.75) is 25.3 Å². The average molecular weight is 248 g/mol. The lowest BCUT2D eigenvalue weighted by Crippen LogP contribution is -2.42. The average Bonchev–Trinajstić information content (AvgIpc) is 3.05. The molecule has 2 aliphatic rings. The van der Waals surface area contributed by atoms with E-state index >= 15 is 0 Å². The van der Waals surface area contributed by atoms with Crippen molar-refractivity contribution in [1.29, 1.82) is 0 Å². The molecule has 18 heavy (non-hydrogen) atoms. The second-order valence-electron chi connectivity index (χ2n) is 6.15. The number of aryl methyl sites for hydroxylation is 1. The van der Waals surface area contributed by atoms with Crippen molar-refractivity contribution in [2.24, 2.45) is 13.0 Å². The lowest BCUT2D eigenvalue weighted by molar-refractivity contribution is 0.141. The quantitative estimate of drug-likeness (QED) is 0.802. The molecule has 1 aliphatic carbocycles. The van der Waals surface area contributed by atoms with Gasteiger partial charge in [0.15, 0.2) is 0 Å². The van der Waals surface area contributed by atoms with Crippen molar-refractivity contribution in [1.82, 2.24) is 19.4 Å². The summed E-state index contributed by atoms with van der Waals surface area (Å²) in [5, 5.41) is 0. The van der Waals surface area contributed by atoms with Crippen molar-refractivity contribution in [3.05, 3.63) is 17.7 Å². The topological polar surface area (TPSA) is 24.3 Å². The van der Waals surface area contributed by atoms with Gasteiger partial charge in [-0.2, -0.15) is 0 Å². The lowest BCUT2D eigenvalue weighted by Gasteiger charge is -2.36. The summed E-state index contributed by atoms with van der Waals surface area (Å²) in [6, 6.07) is 0.491. The SMILES string of the molecule is CN(C)CC1c2ncn(C)c2CCN1CC1CC1. The summed E-state index contributed by atoms with van der Waals surface area (Å²) >= 11 is 0. The van der Waals surface area contributed by atoms with Gasteiger partial charge in [0.2, 0.25) is 0 Å². The first kappa shape index (κ1) is 12.2. The van der Waals surface area contributed by atoms with Crippen LogP contribution in [0.25, 0.3) is 0 Å². The highest BCUT2D eigenvalue weighted by Crippen LogP contribution is 2.35. The van der Waals surface area contributed by atoms with Gasteiger partial charge < -0.3 is 9.47 Å². The van der Waals surface area contributed by atoms with Crippen LogP contribution in [0, 0.1) is 5.92 Å². The van der Waals surface area contributed by atoms with E-state index in [-0.39, 0.29) is 0 Å². The van der Waals surface area contributed by atoms with Crippen LogP contribution in [0.15, 0.2) is 6.33 Å². The molecule has 4 nitrogen and oxygen atoms in total. The summed E-state index contributed by atoms with van der Waals surface area (Å²) in [6.45, 7) is 3.55. The van der Waals surface area contributed by atoms with Crippen molar-refractivity contribution in [2.75, 3.05) is 33.7 Å². The fourth-order valence-corrected chi connectivity index (χ4v) is 3.03. The van der Waals surface area contributed by atoms with E-state index in [9.17, 15) is 0 Å². The van der Waals surface area contributed by atoms with Crippen molar-refractivity contribution < 1.29 is 0 Å². The molecular weight excluding hydrogens is 224 g/mol. The van der Waals surface area contributed by atoms with E-state index in [2.05, 4.69) is 40.5 Å². The third-order valence-corrected chi connectivity index (χ3v) is 4.21. The number of hydrogen-bond donors (Lipinski definition) is 0. The Hall–Kier alpha value is -0.870. The van der Waals surface area contributed by atoms with E-state index in [1.165, 1.54) is 37.3 Å². The van der Waals surface area contributed by atoms with Gasteiger partial charge in [0.25, 0.3) is 0 Å². The Morgan fingerprint density at radius 2 is 2.17 bits per heavy atom. The van der Waals surface area contributed by atoms with Crippen LogP contribution in [0.5, 0.6) is 0 Å². The van der Waals surface area contributed by atoms with E-state index in [1.54, 1.807) is 0 Å². The van der Waals surface area contributed by atoms with E-state index in [1.807, 2.05) is 6.33 Å². The number of likely N-dealkylation sites (N-methyl/N-ethyl adjacent to an activating group) is 1. The van der Waals surface area contributed by atoms with Gasteiger partial charge in [-0.05, 0) is 32.9 Å². The van der Waals surface area contributed by atoms with E-state index in [4.69, 9.17) is 0 Å². The molecule has 100 valence electrons. The maximum absolute atomic E-state index is 4.66. The number of hydrogen-bond acceptors (Lipinski definition) is 3. The molecule has 1 atom stereocenters. The summed E-state index contributed by atoms with van der Waals surface area (Å²) < 4.78 is 2.20. The first-order chi connectivity index (χ1) is 8.65. The monoisotopic (exact) mass is 248 g/mol. The Morgan fingerprint density at radius 1 is 1.39 bits per heavy atom. The van der Waals surface area contributed by atoms with Crippen LogP contribution < -0.4 is 0 Å². The maximum Gasteiger partial charge on any atom is 0.0949 e. The Morgan fingerprint density at radius 3 is 2.83 bits per heavy atom. The zero-order valence-corrected chi connectivity index (χ0v) is 11.8. The molecular formula is C14H24N4. The van der Waals surface area contributed by atoms with Crippen LogP contribution in [0.4, 0.5) is 0 Å². The molecule has 1 fully saturated rings. The number of nitrogens with zero attached hydrogens (tertiary/aromatic N) is 4. The minimum atomic E-state index is 0.491. The van der Waals surface area contributed by atoms with Gasteiger partial charge in [-0.25, -0.2) is 4.98 Å². The summed E-state index contributed by atoms with van der Waals surface area (Å²) in [7, 11) is 6.44. The summed E-state index contributed by atoms with van der Waals surface area (Å²) in [6.07, 6.45) is 6.00. The summed E-state index contributed by atoms with van der Waals surface area (Å²) in [5.41, 5.74) is 2.76. The fraction of sp³-hybridized carbons (Fsp3) is 0.786. The van der Waals surface area contributed by atoms with E-state index in [0.29, 0.717) is 6.04 Å². The fourth-order valence-electron chi connectivity index (χ4n) is 3.03. The second-order valence-corrected chi connectivity index (χ2v) is 6.15. The maximum atomic E-state index is 4.66. The summed E-state index contributed by atoms with van der Waals surface area (Å²) in [4.78, 5) is 9.61. The zero-order valence-electron chi connectivity index (χ0n) is 11.8. The standard InChI is InChI=1S/C14H24N4/c1-16(2)9-13-14-12(17(3)10-15-14)6-7-18(13)8-11-4-5-11/h10-11,13H,4-9H2,1-3H3. The second kappa shape index (κ2) is 4.67. The highest BCUT2D eigenvalue weighted by molar-refractivity contribution is 5.21. The predicted molar refractivity (Wildman–Crippen MR) is 72.5 cm³/mol. The third-order valence-electron chi connectivity index (χ3n) is 4.21. The van der Waals surface area contributed by atoms with E-state index in [0.717, 1.165) is 18.9 Å². The minimum absolute atomic E-state index is 0.491. The molecule has 1 saturated carbocycles. The van der Waals surface area contributed by atoms with Gasteiger partial charge >= 0.3 is 0 Å². The molecule has 1 aromatic heterocycles. The summed E-state index contributed by atoms with van der Waals surface area (Å²) in [5.74, 6) is 0.958. The number of rotatable bonds is 4. The first-order valence-corrected chi connectivity index (χ1v) is 7.04. The van der Waals surface area contributed by atoms with Crippen molar-refractivity contribution in [3.63, 3.8) is 0 Å². The van der Waals surface area contributed by atoms with Crippen LogP contribution in [0.3, 0.4) is 0 Å². The van der Waals surface area contributed by atoms with Gasteiger partial charge in [0.1, 0.15) is 0 Å². The molecule has 0 bridgehead atoms. The van der Waals surface area contributed by atoms with Crippen LogP contribution in [-0.4, -0.2) is 53.1 Å². The van der Waals surface area contributed by atoms with Crippen LogP contribution in [0.1, 0.15) is 30.3 Å². The Labute approximate surface area is 110 Å². The molecule has 4 heteroatoms. The lowest BCUT2D eigenvalue weighted by atomic mass is 10.0. The molecule has 1 unspecified atom stereocenters. The Kier molecular flexibility index (Phi) is 3.16. The van der Waals surface area contributed by atoms with Crippen molar-refractivity contribution in [3.8, 4) is 0 Å². The molecule has 1 aromatic rings. The smallest absolute Gasteiger partial charge is 0.0949 e. The molecule has 0 N–H and O–H groups in total. The highest BCUT2D eigenvalue weighted by Gasteiger charge is 2.34. The van der Waals surface area contributed by atoms with Crippen molar-refractivity contribution >= 4 is 0 Å². The van der Waals surface area contributed by atoms with Gasteiger partial charge in [-0.1, -0.05) is 0 Å². The van der Waals surface area contributed by atoms with Gasteiger partial charge in [0, 0.05) is 38.8 Å². The molecule has 0 aromatic carbocycles. The first-order valence-electron chi connectivity index (χ1n) is 7.04. The van der Waals surface area contributed by atoms with Crippen LogP contribution in [-0.2, 0) is 13.5 Å². The molecule has 0 amide bonds.